The topological polar surface area (TPSA) is 24.3 Å². The van der Waals surface area contributed by atoms with Crippen molar-refractivity contribution in [2.75, 3.05) is 26.2 Å². The summed E-state index contributed by atoms with van der Waals surface area (Å²) in [6, 6.07) is 15.9. The molecule has 0 spiro atoms. The van der Waals surface area contributed by atoms with Crippen LogP contribution < -0.4 is 0 Å². The van der Waals surface area contributed by atoms with E-state index in [1.54, 1.807) is 0 Å². The molecule has 3 aromatic rings. The van der Waals surface area contributed by atoms with Gasteiger partial charge < -0.3 is 4.57 Å². The van der Waals surface area contributed by atoms with Crippen LogP contribution in [0.5, 0.6) is 0 Å². The van der Waals surface area contributed by atoms with Gasteiger partial charge in [-0.05, 0) is 43.4 Å². The standard InChI is InChI=1S/C25H32N4/c1-3-28-18-22(17-27-13-15-29(16-14-27)19(2)20-11-12-20)26-25(28)24-10-6-8-21-7-4-5-9-23(21)24/h4-10,18-20H,3,11-17H2,1-2H3. The molecule has 1 aromatic heterocycles. The summed E-state index contributed by atoms with van der Waals surface area (Å²) in [4.78, 5) is 10.4. The quantitative estimate of drug-likeness (QED) is 0.615. The fourth-order valence-corrected chi connectivity index (χ4v) is 4.86. The van der Waals surface area contributed by atoms with Gasteiger partial charge >= 0.3 is 0 Å². The number of imidazole rings is 1. The molecule has 2 fully saturated rings. The van der Waals surface area contributed by atoms with Crippen LogP contribution in [0.4, 0.5) is 0 Å². The molecule has 2 aromatic carbocycles. The first-order valence-electron chi connectivity index (χ1n) is 11.2. The highest BCUT2D eigenvalue weighted by molar-refractivity contribution is 5.95. The van der Waals surface area contributed by atoms with E-state index in [2.05, 4.69) is 76.9 Å². The average Bonchev–Trinajstić information content (AvgIpc) is 3.54. The summed E-state index contributed by atoms with van der Waals surface area (Å²) >= 11 is 0. The zero-order chi connectivity index (χ0) is 19.8. The highest BCUT2D eigenvalue weighted by atomic mass is 15.3. The molecule has 0 N–H and O–H groups in total. The third-order valence-corrected chi connectivity index (χ3v) is 6.87. The number of hydrogen-bond acceptors (Lipinski definition) is 3. The number of rotatable bonds is 6. The van der Waals surface area contributed by atoms with Crippen molar-refractivity contribution in [2.24, 2.45) is 5.92 Å². The molecule has 2 heterocycles. The molecule has 0 radical (unpaired) electrons. The Morgan fingerprint density at radius 2 is 1.76 bits per heavy atom. The fourth-order valence-electron chi connectivity index (χ4n) is 4.86. The van der Waals surface area contributed by atoms with E-state index in [0.717, 1.165) is 44.0 Å². The van der Waals surface area contributed by atoms with E-state index < -0.39 is 0 Å². The number of benzene rings is 2. The third kappa shape index (κ3) is 3.84. The Bertz CT molecular complexity index is 974. The summed E-state index contributed by atoms with van der Waals surface area (Å²) in [6.45, 7) is 11.2. The summed E-state index contributed by atoms with van der Waals surface area (Å²) in [5.41, 5.74) is 2.43. The third-order valence-electron chi connectivity index (χ3n) is 6.87. The van der Waals surface area contributed by atoms with E-state index in [1.807, 2.05) is 0 Å². The molecule has 0 bridgehead atoms. The summed E-state index contributed by atoms with van der Waals surface area (Å²) in [6.07, 6.45) is 5.13. The smallest absolute Gasteiger partial charge is 0.140 e. The number of fused-ring (bicyclic) bond motifs is 1. The maximum atomic E-state index is 5.10. The molecule has 1 unspecified atom stereocenters. The molecule has 1 atom stereocenters. The van der Waals surface area contributed by atoms with Gasteiger partial charge in [-0.2, -0.15) is 0 Å². The van der Waals surface area contributed by atoms with Gasteiger partial charge in [0.25, 0.3) is 0 Å². The van der Waals surface area contributed by atoms with Gasteiger partial charge in [-0.25, -0.2) is 4.98 Å². The molecule has 5 rings (SSSR count). The van der Waals surface area contributed by atoms with Crippen LogP contribution in [0.2, 0.25) is 0 Å². The molecule has 152 valence electrons. The van der Waals surface area contributed by atoms with Crippen molar-refractivity contribution in [3.63, 3.8) is 0 Å². The predicted molar refractivity (Wildman–Crippen MR) is 120 cm³/mol. The van der Waals surface area contributed by atoms with Crippen molar-refractivity contribution in [3.05, 3.63) is 54.4 Å². The largest absolute Gasteiger partial charge is 0.331 e. The molecular formula is C25H32N4. The predicted octanol–water partition coefficient (Wildman–Crippen LogP) is 4.64. The highest BCUT2D eigenvalue weighted by Gasteiger charge is 2.33. The van der Waals surface area contributed by atoms with E-state index >= 15 is 0 Å². The molecule has 29 heavy (non-hydrogen) atoms. The van der Waals surface area contributed by atoms with Gasteiger partial charge in [-0.15, -0.1) is 0 Å². The Balaban J connectivity index is 1.33. The minimum Gasteiger partial charge on any atom is -0.331 e. The van der Waals surface area contributed by atoms with Crippen molar-refractivity contribution in [1.82, 2.24) is 19.4 Å². The Morgan fingerprint density at radius 3 is 2.52 bits per heavy atom. The lowest BCUT2D eigenvalue weighted by atomic mass is 10.0. The minimum absolute atomic E-state index is 0.773. The number of piperazine rings is 1. The number of aromatic nitrogens is 2. The maximum Gasteiger partial charge on any atom is 0.140 e. The first-order chi connectivity index (χ1) is 14.2. The number of nitrogens with zero attached hydrogens (tertiary/aromatic N) is 4. The number of aryl methyl sites for hydroxylation is 1. The summed E-state index contributed by atoms with van der Waals surface area (Å²) in [5, 5.41) is 2.56. The first-order valence-corrected chi connectivity index (χ1v) is 11.2. The Labute approximate surface area is 174 Å². The van der Waals surface area contributed by atoms with Gasteiger partial charge in [-0.1, -0.05) is 42.5 Å². The van der Waals surface area contributed by atoms with Crippen LogP contribution in [0.1, 0.15) is 32.4 Å². The summed E-state index contributed by atoms with van der Waals surface area (Å²) in [7, 11) is 0. The molecule has 1 saturated carbocycles. The van der Waals surface area contributed by atoms with Gasteiger partial charge in [-0.3, -0.25) is 9.80 Å². The molecule has 0 amide bonds. The normalized spacial score (nSPS) is 19.7. The first kappa shape index (κ1) is 18.8. The van der Waals surface area contributed by atoms with Gasteiger partial charge in [0, 0.05) is 57.1 Å². The molecule has 2 aliphatic rings. The van der Waals surface area contributed by atoms with Crippen LogP contribution in [0.15, 0.2) is 48.7 Å². The van der Waals surface area contributed by atoms with Crippen LogP contribution in [-0.4, -0.2) is 51.6 Å². The summed E-state index contributed by atoms with van der Waals surface area (Å²) < 4.78 is 2.31. The Kier molecular flexibility index (Phi) is 5.15. The van der Waals surface area contributed by atoms with Gasteiger partial charge in [0.1, 0.15) is 5.82 Å². The van der Waals surface area contributed by atoms with E-state index in [9.17, 15) is 0 Å². The molecular weight excluding hydrogens is 356 g/mol. The van der Waals surface area contributed by atoms with Crippen LogP contribution in [0.25, 0.3) is 22.2 Å². The minimum atomic E-state index is 0.773. The molecule has 1 aliphatic carbocycles. The zero-order valence-corrected chi connectivity index (χ0v) is 17.7. The number of hydrogen-bond donors (Lipinski definition) is 0. The fraction of sp³-hybridized carbons (Fsp3) is 0.480. The molecule has 4 heteroatoms. The second-order valence-corrected chi connectivity index (χ2v) is 8.76. The van der Waals surface area contributed by atoms with Crippen molar-refractivity contribution in [1.29, 1.82) is 0 Å². The van der Waals surface area contributed by atoms with E-state index in [0.29, 0.717) is 0 Å². The average molecular weight is 389 g/mol. The van der Waals surface area contributed by atoms with E-state index in [4.69, 9.17) is 4.98 Å². The second-order valence-electron chi connectivity index (χ2n) is 8.76. The monoisotopic (exact) mass is 388 g/mol. The van der Waals surface area contributed by atoms with Crippen LogP contribution in [0, 0.1) is 5.92 Å². The SMILES string of the molecule is CCn1cc(CN2CCN(C(C)C3CC3)CC2)nc1-c1cccc2ccccc12. The maximum absolute atomic E-state index is 5.10. The van der Waals surface area contributed by atoms with Gasteiger partial charge in [0.15, 0.2) is 0 Å². The van der Waals surface area contributed by atoms with Crippen LogP contribution >= 0.6 is 0 Å². The van der Waals surface area contributed by atoms with Crippen molar-refractivity contribution in [3.8, 4) is 11.4 Å². The van der Waals surface area contributed by atoms with Crippen LogP contribution in [-0.2, 0) is 13.1 Å². The van der Waals surface area contributed by atoms with Gasteiger partial charge in [0.2, 0.25) is 0 Å². The Hall–Kier alpha value is -2.17. The molecule has 1 saturated heterocycles. The Morgan fingerprint density at radius 1 is 1.00 bits per heavy atom. The van der Waals surface area contributed by atoms with E-state index in [-0.39, 0.29) is 0 Å². The second kappa shape index (κ2) is 7.92. The van der Waals surface area contributed by atoms with Gasteiger partial charge in [0.05, 0.1) is 5.69 Å². The lowest BCUT2D eigenvalue weighted by Gasteiger charge is -2.38. The lowest BCUT2D eigenvalue weighted by molar-refractivity contribution is 0.0892. The lowest BCUT2D eigenvalue weighted by Crippen LogP contribution is -2.49. The highest BCUT2D eigenvalue weighted by Crippen LogP contribution is 2.35. The summed E-state index contributed by atoms with van der Waals surface area (Å²) in [5.74, 6) is 2.06. The van der Waals surface area contributed by atoms with Crippen molar-refractivity contribution >= 4 is 10.8 Å². The van der Waals surface area contributed by atoms with Crippen molar-refractivity contribution < 1.29 is 0 Å². The van der Waals surface area contributed by atoms with Crippen LogP contribution in [0.3, 0.4) is 0 Å². The van der Waals surface area contributed by atoms with E-state index in [1.165, 1.54) is 48.0 Å². The van der Waals surface area contributed by atoms with Crippen molar-refractivity contribution in [2.45, 2.75) is 45.8 Å². The molecule has 4 nitrogen and oxygen atoms in total. The molecule has 1 aliphatic heterocycles. The zero-order valence-electron chi connectivity index (χ0n) is 17.7.